The molecule has 0 saturated heterocycles. The number of hydrogen-bond donors (Lipinski definition) is 1. The van der Waals surface area contributed by atoms with Crippen molar-refractivity contribution in [1.82, 2.24) is 5.32 Å². The summed E-state index contributed by atoms with van der Waals surface area (Å²) in [4.78, 5) is 0. The summed E-state index contributed by atoms with van der Waals surface area (Å²) in [5.41, 5.74) is 0.633. The molecule has 0 aliphatic heterocycles. The van der Waals surface area contributed by atoms with Crippen molar-refractivity contribution in [3.63, 3.8) is 0 Å². The SMILES string of the molecule is CCCNCC1(CCCOC)CCC1. The van der Waals surface area contributed by atoms with Crippen LogP contribution >= 0.6 is 0 Å². The molecule has 1 N–H and O–H groups in total. The molecule has 1 aliphatic rings. The van der Waals surface area contributed by atoms with Crippen LogP contribution in [-0.2, 0) is 4.74 Å². The Kier molecular flexibility index (Phi) is 5.49. The Labute approximate surface area is 88.4 Å². The van der Waals surface area contributed by atoms with Gasteiger partial charge in [0, 0.05) is 20.3 Å². The summed E-state index contributed by atoms with van der Waals surface area (Å²) in [5, 5.41) is 3.56. The Morgan fingerprint density at radius 1 is 1.36 bits per heavy atom. The van der Waals surface area contributed by atoms with Crippen molar-refractivity contribution in [2.24, 2.45) is 5.41 Å². The first kappa shape index (κ1) is 12.0. The van der Waals surface area contributed by atoms with Gasteiger partial charge in [-0.1, -0.05) is 13.3 Å². The van der Waals surface area contributed by atoms with E-state index < -0.39 is 0 Å². The molecule has 1 saturated carbocycles. The predicted molar refractivity (Wildman–Crippen MR) is 60.6 cm³/mol. The van der Waals surface area contributed by atoms with Gasteiger partial charge in [-0.25, -0.2) is 0 Å². The molecular weight excluding hydrogens is 174 g/mol. The zero-order chi connectivity index (χ0) is 10.3. The molecule has 1 rings (SSSR count). The van der Waals surface area contributed by atoms with Gasteiger partial charge in [0.05, 0.1) is 0 Å². The zero-order valence-corrected chi connectivity index (χ0v) is 9.77. The van der Waals surface area contributed by atoms with Crippen LogP contribution in [0.4, 0.5) is 0 Å². The van der Waals surface area contributed by atoms with Crippen LogP contribution in [0, 0.1) is 5.41 Å². The van der Waals surface area contributed by atoms with Gasteiger partial charge in [-0.15, -0.1) is 0 Å². The van der Waals surface area contributed by atoms with Crippen LogP contribution in [0.1, 0.15) is 45.4 Å². The molecule has 0 bridgehead atoms. The average molecular weight is 199 g/mol. The van der Waals surface area contributed by atoms with Gasteiger partial charge < -0.3 is 10.1 Å². The Morgan fingerprint density at radius 3 is 2.64 bits per heavy atom. The van der Waals surface area contributed by atoms with E-state index in [-0.39, 0.29) is 0 Å². The van der Waals surface area contributed by atoms with Crippen LogP contribution in [0.3, 0.4) is 0 Å². The van der Waals surface area contributed by atoms with E-state index in [1.807, 2.05) is 0 Å². The van der Waals surface area contributed by atoms with Crippen molar-refractivity contribution in [3.05, 3.63) is 0 Å². The fourth-order valence-corrected chi connectivity index (χ4v) is 2.31. The molecular formula is C12H25NO. The van der Waals surface area contributed by atoms with Crippen LogP contribution in [0.2, 0.25) is 0 Å². The highest BCUT2D eigenvalue weighted by atomic mass is 16.5. The first-order valence-corrected chi connectivity index (χ1v) is 6.03. The zero-order valence-electron chi connectivity index (χ0n) is 9.77. The molecule has 0 radical (unpaired) electrons. The minimum Gasteiger partial charge on any atom is -0.385 e. The summed E-state index contributed by atoms with van der Waals surface area (Å²) in [6, 6.07) is 0. The monoisotopic (exact) mass is 199 g/mol. The van der Waals surface area contributed by atoms with Crippen molar-refractivity contribution >= 4 is 0 Å². The predicted octanol–water partition coefficient (Wildman–Crippen LogP) is 2.58. The van der Waals surface area contributed by atoms with Gasteiger partial charge in [0.2, 0.25) is 0 Å². The van der Waals surface area contributed by atoms with Crippen LogP contribution in [0.5, 0.6) is 0 Å². The highest BCUT2D eigenvalue weighted by Gasteiger charge is 2.35. The van der Waals surface area contributed by atoms with Crippen LogP contribution in [0.25, 0.3) is 0 Å². The molecule has 0 aromatic rings. The largest absolute Gasteiger partial charge is 0.385 e. The normalized spacial score (nSPS) is 19.3. The molecule has 2 heteroatoms. The standard InChI is InChI=1S/C12H25NO/c1-3-9-13-11-12(6-4-7-12)8-5-10-14-2/h13H,3-11H2,1-2H3. The molecule has 0 amide bonds. The first-order chi connectivity index (χ1) is 6.83. The lowest BCUT2D eigenvalue weighted by Crippen LogP contribution is -2.40. The molecule has 0 aromatic heterocycles. The lowest BCUT2D eigenvalue weighted by Gasteiger charge is -2.42. The number of ether oxygens (including phenoxy) is 1. The molecule has 1 fully saturated rings. The highest BCUT2D eigenvalue weighted by molar-refractivity contribution is 4.89. The van der Waals surface area contributed by atoms with Crippen molar-refractivity contribution in [2.75, 3.05) is 26.8 Å². The molecule has 1 aliphatic carbocycles. The van der Waals surface area contributed by atoms with Gasteiger partial charge in [-0.05, 0) is 44.1 Å². The van der Waals surface area contributed by atoms with E-state index in [9.17, 15) is 0 Å². The number of rotatable bonds is 8. The van der Waals surface area contributed by atoms with Gasteiger partial charge in [0.15, 0.2) is 0 Å². The fourth-order valence-electron chi connectivity index (χ4n) is 2.31. The van der Waals surface area contributed by atoms with Crippen LogP contribution in [0.15, 0.2) is 0 Å². The van der Waals surface area contributed by atoms with Gasteiger partial charge >= 0.3 is 0 Å². The first-order valence-electron chi connectivity index (χ1n) is 6.03. The second-order valence-electron chi connectivity index (χ2n) is 4.63. The molecule has 0 heterocycles. The third-order valence-corrected chi connectivity index (χ3v) is 3.40. The van der Waals surface area contributed by atoms with E-state index in [0.717, 1.165) is 6.61 Å². The van der Waals surface area contributed by atoms with Crippen molar-refractivity contribution in [3.8, 4) is 0 Å². The quantitative estimate of drug-likeness (QED) is 0.607. The summed E-state index contributed by atoms with van der Waals surface area (Å²) in [6.45, 7) is 5.55. The fraction of sp³-hybridized carbons (Fsp3) is 1.00. The molecule has 0 atom stereocenters. The maximum Gasteiger partial charge on any atom is 0.0462 e. The minimum atomic E-state index is 0.633. The average Bonchev–Trinajstić information content (AvgIpc) is 2.13. The molecule has 0 aromatic carbocycles. The van der Waals surface area contributed by atoms with E-state index in [4.69, 9.17) is 4.74 Å². The van der Waals surface area contributed by atoms with Crippen LogP contribution in [-0.4, -0.2) is 26.8 Å². The lowest BCUT2D eigenvalue weighted by atomic mass is 9.66. The second-order valence-corrected chi connectivity index (χ2v) is 4.63. The number of hydrogen-bond acceptors (Lipinski definition) is 2. The topological polar surface area (TPSA) is 21.3 Å². The van der Waals surface area contributed by atoms with Crippen molar-refractivity contribution in [1.29, 1.82) is 0 Å². The summed E-state index contributed by atoms with van der Waals surface area (Å²) in [5.74, 6) is 0. The van der Waals surface area contributed by atoms with Crippen molar-refractivity contribution in [2.45, 2.75) is 45.4 Å². The number of methoxy groups -OCH3 is 1. The summed E-state index contributed by atoms with van der Waals surface area (Å²) >= 11 is 0. The third-order valence-electron chi connectivity index (χ3n) is 3.40. The molecule has 2 nitrogen and oxygen atoms in total. The van der Waals surface area contributed by atoms with E-state index in [1.165, 1.54) is 51.6 Å². The summed E-state index contributed by atoms with van der Waals surface area (Å²) in [7, 11) is 1.79. The van der Waals surface area contributed by atoms with Crippen molar-refractivity contribution < 1.29 is 4.74 Å². The molecule has 84 valence electrons. The van der Waals surface area contributed by atoms with Gasteiger partial charge in [0.1, 0.15) is 0 Å². The maximum absolute atomic E-state index is 5.11. The third kappa shape index (κ3) is 3.58. The van der Waals surface area contributed by atoms with E-state index in [2.05, 4.69) is 12.2 Å². The lowest BCUT2D eigenvalue weighted by molar-refractivity contribution is 0.0949. The highest BCUT2D eigenvalue weighted by Crippen LogP contribution is 2.44. The van der Waals surface area contributed by atoms with Gasteiger partial charge in [0.25, 0.3) is 0 Å². The Bertz CT molecular complexity index is 131. The van der Waals surface area contributed by atoms with E-state index in [0.29, 0.717) is 5.41 Å². The Balaban J connectivity index is 2.13. The van der Waals surface area contributed by atoms with Gasteiger partial charge in [-0.3, -0.25) is 0 Å². The minimum absolute atomic E-state index is 0.633. The Morgan fingerprint density at radius 2 is 2.14 bits per heavy atom. The van der Waals surface area contributed by atoms with E-state index in [1.54, 1.807) is 7.11 Å². The molecule has 0 spiro atoms. The second kappa shape index (κ2) is 6.41. The smallest absolute Gasteiger partial charge is 0.0462 e. The van der Waals surface area contributed by atoms with Crippen LogP contribution < -0.4 is 5.32 Å². The number of nitrogens with one attached hydrogen (secondary N) is 1. The Hall–Kier alpha value is -0.0800. The molecule has 14 heavy (non-hydrogen) atoms. The van der Waals surface area contributed by atoms with E-state index >= 15 is 0 Å². The maximum atomic E-state index is 5.11. The summed E-state index contributed by atoms with van der Waals surface area (Å²) in [6.07, 6.45) is 8.09. The van der Waals surface area contributed by atoms with Gasteiger partial charge in [-0.2, -0.15) is 0 Å². The molecule has 0 unspecified atom stereocenters. The summed E-state index contributed by atoms with van der Waals surface area (Å²) < 4.78 is 5.11.